The molecule has 3 aliphatic rings. The maximum atomic E-state index is 13.0. The van der Waals surface area contributed by atoms with E-state index in [9.17, 15) is 13.2 Å². The largest absolute Gasteiger partial charge is 0.379 e. The van der Waals surface area contributed by atoms with Crippen molar-refractivity contribution in [3.05, 3.63) is 40.8 Å². The molecule has 0 radical (unpaired) electrons. The van der Waals surface area contributed by atoms with Crippen molar-refractivity contribution in [1.82, 2.24) is 20.3 Å². The fraction of sp³-hybridized carbons (Fsp3) is 0.667. The van der Waals surface area contributed by atoms with Crippen molar-refractivity contribution in [2.45, 2.75) is 83.1 Å². The highest BCUT2D eigenvalue weighted by Crippen LogP contribution is 2.32. The molecule has 5 rings (SSSR count). The monoisotopic (exact) mass is 572 g/mol. The van der Waals surface area contributed by atoms with E-state index in [1.807, 2.05) is 12.1 Å². The predicted octanol–water partition coefficient (Wildman–Crippen LogP) is 3.87. The molecule has 9 nitrogen and oxygen atoms in total. The Morgan fingerprint density at radius 1 is 1.12 bits per heavy atom. The van der Waals surface area contributed by atoms with Gasteiger partial charge in [0.05, 0.1) is 0 Å². The van der Waals surface area contributed by atoms with Gasteiger partial charge in [-0.25, -0.2) is 0 Å². The average Bonchev–Trinajstić information content (AvgIpc) is 3.31. The van der Waals surface area contributed by atoms with Gasteiger partial charge in [-0.3, -0.25) is 9.69 Å². The number of hydrogen-bond donors (Lipinski definition) is 1. The highest BCUT2D eigenvalue weighted by atomic mass is 32.2. The molecule has 1 aliphatic carbocycles. The summed E-state index contributed by atoms with van der Waals surface area (Å²) in [4.78, 5) is 17.8. The lowest BCUT2D eigenvalue weighted by Crippen LogP contribution is -2.47. The summed E-state index contributed by atoms with van der Waals surface area (Å²) in [5.41, 5.74) is 2.72. The van der Waals surface area contributed by atoms with Crippen LogP contribution >= 0.6 is 0 Å². The number of carbonyl (C=O) groups is 1. The number of aryl methyl sites for hydroxylation is 3. The molecule has 1 amide bonds. The van der Waals surface area contributed by atoms with E-state index in [4.69, 9.17) is 8.71 Å². The van der Waals surface area contributed by atoms with Gasteiger partial charge < -0.3 is 18.9 Å². The number of carbonyl (C=O) groups excluding carboxylic acids is 1. The number of nitrogens with one attached hydrogen (secondary N) is 1. The summed E-state index contributed by atoms with van der Waals surface area (Å²) < 4.78 is 36.5. The van der Waals surface area contributed by atoms with E-state index in [-0.39, 0.29) is 16.6 Å². The van der Waals surface area contributed by atoms with E-state index in [0.717, 1.165) is 96.2 Å². The Morgan fingerprint density at radius 2 is 1.88 bits per heavy atom. The summed E-state index contributed by atoms with van der Waals surface area (Å²) in [6.07, 6.45) is 8.10. The number of nitrogens with zero attached hydrogens (tertiary/aromatic N) is 3. The molecule has 1 unspecified atom stereocenters. The molecular formula is C30H44N4O5S. The average molecular weight is 573 g/mol. The summed E-state index contributed by atoms with van der Waals surface area (Å²) in [5, 5.41) is 7.12. The van der Waals surface area contributed by atoms with Crippen LogP contribution in [0, 0.1) is 25.7 Å². The number of hydrogen-bond acceptors (Lipinski definition) is 8. The summed E-state index contributed by atoms with van der Waals surface area (Å²) in [6.45, 7) is 11.2. The van der Waals surface area contributed by atoms with E-state index in [0.29, 0.717) is 29.3 Å². The first-order valence-corrected chi connectivity index (χ1v) is 16.4. The molecule has 1 atom stereocenters. The molecular weight excluding hydrogens is 528 g/mol. The summed E-state index contributed by atoms with van der Waals surface area (Å²) >= 11 is 0. The van der Waals surface area contributed by atoms with Crippen LogP contribution in [-0.4, -0.2) is 74.6 Å². The number of likely N-dealkylation sites (tertiary alicyclic amines) is 1. The molecule has 40 heavy (non-hydrogen) atoms. The molecule has 2 aromatic rings. The van der Waals surface area contributed by atoms with Gasteiger partial charge in [-0.2, -0.15) is 8.42 Å². The molecule has 1 aromatic heterocycles. The third-order valence-electron chi connectivity index (χ3n) is 8.94. The van der Waals surface area contributed by atoms with Crippen LogP contribution < -0.4 is 9.50 Å². The first-order chi connectivity index (χ1) is 19.2. The number of amides is 1. The van der Waals surface area contributed by atoms with E-state index < -0.39 is 10.1 Å². The second kappa shape index (κ2) is 12.6. The summed E-state index contributed by atoms with van der Waals surface area (Å²) in [6, 6.07) is 6.06. The van der Waals surface area contributed by atoms with Crippen LogP contribution in [0.25, 0.3) is 0 Å². The lowest BCUT2D eigenvalue weighted by atomic mass is 9.86. The minimum absolute atomic E-state index is 0.000662. The Hall–Kier alpha value is -2.43. The van der Waals surface area contributed by atoms with Gasteiger partial charge in [-0.05, 0) is 114 Å². The first-order valence-electron chi connectivity index (χ1n) is 15.0. The van der Waals surface area contributed by atoms with E-state index >= 15 is 0 Å². The van der Waals surface area contributed by atoms with Gasteiger partial charge in [-0.1, -0.05) is 18.1 Å². The van der Waals surface area contributed by atoms with Crippen LogP contribution in [-0.2, 0) is 27.8 Å². The molecule has 2 fully saturated rings. The molecule has 1 N–H and O–H groups in total. The molecule has 0 bridgehead atoms. The Morgan fingerprint density at radius 3 is 2.55 bits per heavy atom. The first kappa shape index (κ1) is 29.1. The zero-order chi connectivity index (χ0) is 28.3. The number of aromatic nitrogens is 1. The van der Waals surface area contributed by atoms with Gasteiger partial charge in [0.15, 0.2) is 10.7 Å². The summed E-state index contributed by atoms with van der Waals surface area (Å²) in [7, 11) is -4.03. The van der Waals surface area contributed by atoms with Crippen molar-refractivity contribution >= 4 is 16.0 Å². The minimum Gasteiger partial charge on any atom is -0.379 e. The van der Waals surface area contributed by atoms with Crippen molar-refractivity contribution in [3.8, 4) is 5.75 Å². The standard InChI is InChI=1S/C30H44N4O5S/c1-4-15-34(20-23-11-16-33(17-12-23)30(35)25-9-13-31-14-10-25)27-7-5-24-6-8-28(19-26(24)18-27)39-40(36,37)29-21(2)32-38-22(29)3/h6,8,19,23,25,27,31H,4-5,7,9-18,20H2,1-3H3. The Labute approximate surface area is 238 Å². The number of piperidine rings is 2. The van der Waals surface area contributed by atoms with E-state index in [1.54, 1.807) is 19.9 Å². The number of benzene rings is 1. The maximum absolute atomic E-state index is 13.0. The zero-order valence-electron chi connectivity index (χ0n) is 24.2. The molecule has 3 heterocycles. The zero-order valence-corrected chi connectivity index (χ0v) is 25.0. The van der Waals surface area contributed by atoms with E-state index in [1.165, 1.54) is 5.56 Å². The van der Waals surface area contributed by atoms with Crippen LogP contribution in [0.4, 0.5) is 0 Å². The quantitative estimate of drug-likeness (QED) is 0.452. The highest BCUT2D eigenvalue weighted by Gasteiger charge is 2.32. The van der Waals surface area contributed by atoms with Gasteiger partial charge in [-0.15, -0.1) is 0 Å². The minimum atomic E-state index is -4.03. The van der Waals surface area contributed by atoms with Crippen molar-refractivity contribution in [1.29, 1.82) is 0 Å². The molecule has 2 saturated heterocycles. The van der Waals surface area contributed by atoms with Gasteiger partial charge in [0.2, 0.25) is 5.91 Å². The highest BCUT2D eigenvalue weighted by molar-refractivity contribution is 7.87. The van der Waals surface area contributed by atoms with Gasteiger partial charge >= 0.3 is 10.1 Å². The normalized spacial score (nSPS) is 21.0. The second-order valence-electron chi connectivity index (χ2n) is 11.8. The van der Waals surface area contributed by atoms with Crippen LogP contribution in [0.5, 0.6) is 5.75 Å². The van der Waals surface area contributed by atoms with Crippen molar-refractivity contribution in [3.63, 3.8) is 0 Å². The lowest BCUT2D eigenvalue weighted by Gasteiger charge is -2.40. The molecule has 1 aromatic carbocycles. The maximum Gasteiger partial charge on any atom is 0.344 e. The van der Waals surface area contributed by atoms with Crippen LogP contribution in [0.3, 0.4) is 0 Å². The number of rotatable bonds is 9. The molecule has 0 spiro atoms. The van der Waals surface area contributed by atoms with Crippen molar-refractivity contribution in [2.24, 2.45) is 11.8 Å². The van der Waals surface area contributed by atoms with E-state index in [2.05, 4.69) is 27.2 Å². The van der Waals surface area contributed by atoms with Crippen LogP contribution in [0.1, 0.15) is 68.0 Å². The Kier molecular flexibility index (Phi) is 9.17. The Balaban J connectivity index is 1.20. The number of fused-ring (bicyclic) bond motifs is 1. The van der Waals surface area contributed by atoms with Crippen molar-refractivity contribution in [2.75, 3.05) is 39.3 Å². The Bertz CT molecular complexity index is 1260. The molecule has 220 valence electrons. The van der Waals surface area contributed by atoms with Crippen molar-refractivity contribution < 1.29 is 21.9 Å². The fourth-order valence-electron chi connectivity index (χ4n) is 6.78. The van der Waals surface area contributed by atoms with Gasteiger partial charge in [0, 0.05) is 31.6 Å². The molecule has 2 aliphatic heterocycles. The van der Waals surface area contributed by atoms with Gasteiger partial charge in [0.1, 0.15) is 11.4 Å². The van der Waals surface area contributed by atoms with Crippen LogP contribution in [0.2, 0.25) is 0 Å². The summed E-state index contributed by atoms with van der Waals surface area (Å²) in [5.74, 6) is 1.72. The smallest absolute Gasteiger partial charge is 0.344 e. The molecule has 0 saturated carbocycles. The van der Waals surface area contributed by atoms with Crippen LogP contribution in [0.15, 0.2) is 27.6 Å². The fourth-order valence-corrected chi connectivity index (χ4v) is 8.01. The lowest BCUT2D eigenvalue weighted by molar-refractivity contribution is -0.137. The second-order valence-corrected chi connectivity index (χ2v) is 13.3. The topological polar surface area (TPSA) is 105 Å². The molecule has 10 heteroatoms. The van der Waals surface area contributed by atoms with Gasteiger partial charge in [0.25, 0.3) is 0 Å². The SMILES string of the molecule is CCCN(CC1CCN(C(=O)C2CCNCC2)CC1)C1CCc2ccc(OS(=O)(=O)c3c(C)noc3C)cc2C1. The predicted molar refractivity (Wildman–Crippen MR) is 153 cm³/mol. The third kappa shape index (κ3) is 6.55. The third-order valence-corrected chi connectivity index (χ3v) is 10.4.